The fraction of sp³-hybridized carbons (Fsp3) is 0.583. The first kappa shape index (κ1) is 10.5. The van der Waals surface area contributed by atoms with Crippen LogP contribution in [0.2, 0.25) is 0 Å². The van der Waals surface area contributed by atoms with Crippen molar-refractivity contribution in [1.29, 1.82) is 0 Å². The third-order valence-corrected chi connectivity index (χ3v) is 3.60. The van der Waals surface area contributed by atoms with Crippen LogP contribution in [0.15, 0.2) is 12.7 Å². The molecular weight excluding hydrogens is 214 g/mol. The maximum Gasteiger partial charge on any atom is 0.165 e. The second kappa shape index (κ2) is 3.98. The molecule has 1 saturated carbocycles. The van der Waals surface area contributed by atoms with Crippen LogP contribution in [0.25, 0.3) is 11.2 Å². The molecule has 0 amide bonds. The van der Waals surface area contributed by atoms with Gasteiger partial charge in [0.05, 0.1) is 6.33 Å². The predicted molar refractivity (Wildman–Crippen MR) is 66.9 cm³/mol. The van der Waals surface area contributed by atoms with Crippen LogP contribution in [0.3, 0.4) is 0 Å². The van der Waals surface area contributed by atoms with Gasteiger partial charge in [-0.3, -0.25) is 0 Å². The zero-order valence-electron chi connectivity index (χ0n) is 10.3. The zero-order chi connectivity index (χ0) is 11.8. The molecule has 2 aromatic heterocycles. The molecule has 1 aliphatic rings. The van der Waals surface area contributed by atoms with Gasteiger partial charge in [-0.2, -0.15) is 0 Å². The summed E-state index contributed by atoms with van der Waals surface area (Å²) in [5, 5.41) is 0. The van der Waals surface area contributed by atoms with E-state index < -0.39 is 0 Å². The average molecular weight is 231 g/mol. The lowest BCUT2D eigenvalue weighted by atomic mass is 9.85. The summed E-state index contributed by atoms with van der Waals surface area (Å²) in [4.78, 5) is 15.2. The van der Waals surface area contributed by atoms with E-state index in [2.05, 4.69) is 26.9 Å². The van der Waals surface area contributed by atoms with Gasteiger partial charge < -0.3 is 9.47 Å². The van der Waals surface area contributed by atoms with Crippen molar-refractivity contribution in [2.75, 3.05) is 18.5 Å². The lowest BCUT2D eigenvalue weighted by Gasteiger charge is -2.30. The number of imidazole rings is 1. The van der Waals surface area contributed by atoms with Crippen LogP contribution in [-0.4, -0.2) is 33.1 Å². The molecule has 0 spiro atoms. The first-order valence-electron chi connectivity index (χ1n) is 6.09. The molecule has 0 aromatic carbocycles. The number of aromatic nitrogens is 4. The Morgan fingerprint density at radius 1 is 1.35 bits per heavy atom. The SMILES string of the molecule is CN(CC1CCC1)c1ncnc2c1ncn2C. The molecule has 5 heteroatoms. The van der Waals surface area contributed by atoms with E-state index in [9.17, 15) is 0 Å². The van der Waals surface area contributed by atoms with E-state index in [1.54, 1.807) is 12.7 Å². The van der Waals surface area contributed by atoms with Crippen LogP contribution in [0, 0.1) is 5.92 Å². The molecule has 17 heavy (non-hydrogen) atoms. The quantitative estimate of drug-likeness (QED) is 0.805. The minimum Gasteiger partial charge on any atom is -0.357 e. The van der Waals surface area contributed by atoms with Gasteiger partial charge in [-0.25, -0.2) is 15.0 Å². The number of hydrogen-bond acceptors (Lipinski definition) is 4. The highest BCUT2D eigenvalue weighted by molar-refractivity contribution is 5.83. The number of anilines is 1. The monoisotopic (exact) mass is 231 g/mol. The van der Waals surface area contributed by atoms with Crippen molar-refractivity contribution in [2.45, 2.75) is 19.3 Å². The van der Waals surface area contributed by atoms with Gasteiger partial charge in [-0.05, 0) is 18.8 Å². The average Bonchev–Trinajstić information content (AvgIpc) is 2.66. The second-order valence-corrected chi connectivity index (χ2v) is 4.90. The Morgan fingerprint density at radius 2 is 2.18 bits per heavy atom. The molecule has 2 heterocycles. The molecule has 90 valence electrons. The van der Waals surface area contributed by atoms with Crippen molar-refractivity contribution >= 4 is 17.0 Å². The Morgan fingerprint density at radius 3 is 2.88 bits per heavy atom. The predicted octanol–water partition coefficient (Wildman–Crippen LogP) is 1.60. The van der Waals surface area contributed by atoms with Crippen molar-refractivity contribution in [3.63, 3.8) is 0 Å². The Balaban J connectivity index is 1.92. The molecule has 0 N–H and O–H groups in total. The number of aryl methyl sites for hydroxylation is 1. The maximum atomic E-state index is 4.39. The maximum absolute atomic E-state index is 4.39. The van der Waals surface area contributed by atoms with Gasteiger partial charge in [0.25, 0.3) is 0 Å². The van der Waals surface area contributed by atoms with E-state index in [1.807, 2.05) is 11.6 Å². The molecule has 2 aromatic rings. The Bertz CT molecular complexity index is 529. The molecule has 0 aliphatic heterocycles. The Kier molecular flexibility index (Phi) is 2.46. The molecule has 5 nitrogen and oxygen atoms in total. The van der Waals surface area contributed by atoms with E-state index in [1.165, 1.54) is 19.3 Å². The normalized spacial score (nSPS) is 16.1. The second-order valence-electron chi connectivity index (χ2n) is 4.90. The summed E-state index contributed by atoms with van der Waals surface area (Å²) >= 11 is 0. The van der Waals surface area contributed by atoms with Crippen LogP contribution in [-0.2, 0) is 7.05 Å². The molecule has 0 bridgehead atoms. The third kappa shape index (κ3) is 1.75. The van der Waals surface area contributed by atoms with Gasteiger partial charge in [0.1, 0.15) is 6.33 Å². The summed E-state index contributed by atoms with van der Waals surface area (Å²) < 4.78 is 1.93. The highest BCUT2D eigenvalue weighted by atomic mass is 15.2. The Hall–Kier alpha value is -1.65. The van der Waals surface area contributed by atoms with E-state index in [-0.39, 0.29) is 0 Å². The highest BCUT2D eigenvalue weighted by Gasteiger charge is 2.21. The number of hydrogen-bond donors (Lipinski definition) is 0. The first-order chi connectivity index (χ1) is 8.25. The molecule has 0 saturated heterocycles. The van der Waals surface area contributed by atoms with Crippen molar-refractivity contribution in [3.8, 4) is 0 Å². The summed E-state index contributed by atoms with van der Waals surface area (Å²) in [6.45, 7) is 1.07. The minimum atomic E-state index is 0.828. The van der Waals surface area contributed by atoms with Crippen LogP contribution < -0.4 is 4.90 Å². The summed E-state index contributed by atoms with van der Waals surface area (Å²) in [5.74, 6) is 1.77. The summed E-state index contributed by atoms with van der Waals surface area (Å²) in [6, 6.07) is 0. The van der Waals surface area contributed by atoms with Crippen LogP contribution >= 0.6 is 0 Å². The zero-order valence-corrected chi connectivity index (χ0v) is 10.3. The Labute approximate surface area is 100 Å². The minimum absolute atomic E-state index is 0.828. The first-order valence-corrected chi connectivity index (χ1v) is 6.09. The highest BCUT2D eigenvalue weighted by Crippen LogP contribution is 2.29. The topological polar surface area (TPSA) is 46.8 Å². The molecule has 3 rings (SSSR count). The smallest absolute Gasteiger partial charge is 0.165 e. The largest absolute Gasteiger partial charge is 0.357 e. The van der Waals surface area contributed by atoms with Crippen LogP contribution in [0.5, 0.6) is 0 Å². The molecule has 0 atom stereocenters. The summed E-state index contributed by atoms with van der Waals surface area (Å²) in [7, 11) is 4.05. The summed E-state index contributed by atoms with van der Waals surface area (Å²) in [6.07, 6.45) is 7.49. The lowest BCUT2D eigenvalue weighted by Crippen LogP contribution is -2.30. The summed E-state index contributed by atoms with van der Waals surface area (Å²) in [5.41, 5.74) is 1.80. The molecule has 0 unspecified atom stereocenters. The van der Waals surface area contributed by atoms with E-state index in [0.717, 1.165) is 29.4 Å². The number of nitrogens with zero attached hydrogens (tertiary/aromatic N) is 5. The van der Waals surface area contributed by atoms with Gasteiger partial charge in [-0.15, -0.1) is 0 Å². The third-order valence-electron chi connectivity index (χ3n) is 3.60. The van der Waals surface area contributed by atoms with E-state index in [0.29, 0.717) is 0 Å². The molecular formula is C12H17N5. The lowest BCUT2D eigenvalue weighted by molar-refractivity contribution is 0.321. The molecule has 1 fully saturated rings. The van der Waals surface area contributed by atoms with Crippen molar-refractivity contribution in [3.05, 3.63) is 12.7 Å². The fourth-order valence-corrected chi connectivity index (χ4v) is 2.36. The van der Waals surface area contributed by atoms with Crippen molar-refractivity contribution in [1.82, 2.24) is 19.5 Å². The van der Waals surface area contributed by atoms with Gasteiger partial charge in [0, 0.05) is 20.6 Å². The molecule has 0 radical (unpaired) electrons. The van der Waals surface area contributed by atoms with Crippen LogP contribution in [0.4, 0.5) is 5.82 Å². The van der Waals surface area contributed by atoms with E-state index >= 15 is 0 Å². The fourth-order valence-electron chi connectivity index (χ4n) is 2.36. The standard InChI is InChI=1S/C12H17N5/c1-16(6-9-4-3-5-9)11-10-12(14-7-13-11)17(2)8-15-10/h7-9H,3-6H2,1-2H3. The van der Waals surface area contributed by atoms with Gasteiger partial charge in [0.2, 0.25) is 0 Å². The number of rotatable bonds is 3. The van der Waals surface area contributed by atoms with E-state index in [4.69, 9.17) is 0 Å². The van der Waals surface area contributed by atoms with Crippen molar-refractivity contribution < 1.29 is 0 Å². The van der Waals surface area contributed by atoms with Gasteiger partial charge in [0.15, 0.2) is 17.0 Å². The van der Waals surface area contributed by atoms with Crippen LogP contribution in [0.1, 0.15) is 19.3 Å². The molecule has 1 aliphatic carbocycles. The number of fused-ring (bicyclic) bond motifs is 1. The van der Waals surface area contributed by atoms with Gasteiger partial charge in [-0.1, -0.05) is 6.42 Å². The van der Waals surface area contributed by atoms with Crippen molar-refractivity contribution in [2.24, 2.45) is 13.0 Å². The van der Waals surface area contributed by atoms with Gasteiger partial charge >= 0.3 is 0 Å².